The molecule has 0 aliphatic heterocycles. The lowest BCUT2D eigenvalue weighted by Crippen LogP contribution is -2.28. The number of likely N-dealkylation sites (N-methyl/N-ethyl adjacent to an activating group) is 1. The van der Waals surface area contributed by atoms with Gasteiger partial charge in [0.1, 0.15) is 23.7 Å². The number of rotatable bonds is 11. The first-order chi connectivity index (χ1) is 15.0. The zero-order chi connectivity index (χ0) is 22.4. The third-order valence-corrected chi connectivity index (χ3v) is 7.39. The van der Waals surface area contributed by atoms with Crippen molar-refractivity contribution >= 4 is 62.4 Å². The van der Waals surface area contributed by atoms with Crippen LogP contribution in [0.2, 0.25) is 0 Å². The average molecular weight is 645 g/mol. The number of fused-ring (bicyclic) bond motifs is 1. The lowest BCUT2D eigenvalue weighted by Gasteiger charge is -2.20. The van der Waals surface area contributed by atoms with Gasteiger partial charge in [-0.25, -0.2) is 0 Å². The molecule has 0 fully saturated rings. The van der Waals surface area contributed by atoms with Gasteiger partial charge >= 0.3 is 0 Å². The average Bonchev–Trinajstić information content (AvgIpc) is 3.14. The van der Waals surface area contributed by atoms with Crippen LogP contribution in [-0.4, -0.2) is 37.4 Å². The van der Waals surface area contributed by atoms with Crippen molar-refractivity contribution in [3.8, 4) is 16.9 Å². The standard InChI is InChI=1S/C25H29I2NO3/c1-4-7-11-21-23(18-10-8-9-12-20(18)31-21)22-17(16-29)15-19(26)25(24(22)27)30-14-13-28(5-2)6-3/h8-10,12,15-16H,4-7,11,13-14H2,1-3H3. The van der Waals surface area contributed by atoms with E-state index in [1.807, 2.05) is 24.3 Å². The Balaban J connectivity index is 2.11. The molecule has 0 amide bonds. The van der Waals surface area contributed by atoms with Crippen LogP contribution in [0, 0.1) is 7.14 Å². The summed E-state index contributed by atoms with van der Waals surface area (Å²) in [7, 11) is 0. The number of carbonyl (C=O) groups is 1. The maximum atomic E-state index is 12.1. The summed E-state index contributed by atoms with van der Waals surface area (Å²) in [6.07, 6.45) is 3.92. The number of para-hydroxylation sites is 1. The zero-order valence-electron chi connectivity index (χ0n) is 18.3. The Hall–Kier alpha value is -1.13. The van der Waals surface area contributed by atoms with Crippen molar-refractivity contribution in [3.05, 3.63) is 48.8 Å². The van der Waals surface area contributed by atoms with Crippen molar-refractivity contribution in [1.29, 1.82) is 0 Å². The Kier molecular flexibility index (Phi) is 9.21. The van der Waals surface area contributed by atoms with E-state index in [4.69, 9.17) is 9.15 Å². The molecule has 0 N–H and O–H groups in total. The van der Waals surface area contributed by atoms with Gasteiger partial charge in [-0.2, -0.15) is 0 Å². The summed E-state index contributed by atoms with van der Waals surface area (Å²) in [6, 6.07) is 10.0. The van der Waals surface area contributed by atoms with Gasteiger partial charge in [-0.15, -0.1) is 0 Å². The van der Waals surface area contributed by atoms with Crippen LogP contribution >= 0.6 is 45.2 Å². The minimum atomic E-state index is 0.613. The minimum absolute atomic E-state index is 0.613. The van der Waals surface area contributed by atoms with Gasteiger partial charge in [0, 0.05) is 35.0 Å². The van der Waals surface area contributed by atoms with E-state index < -0.39 is 0 Å². The highest BCUT2D eigenvalue weighted by atomic mass is 127. The first-order valence-corrected chi connectivity index (χ1v) is 13.0. The van der Waals surface area contributed by atoms with E-state index in [0.29, 0.717) is 12.2 Å². The lowest BCUT2D eigenvalue weighted by atomic mass is 9.95. The number of benzene rings is 2. The molecule has 166 valence electrons. The summed E-state index contributed by atoms with van der Waals surface area (Å²) < 4.78 is 14.4. The molecule has 1 heterocycles. The van der Waals surface area contributed by atoms with E-state index in [9.17, 15) is 4.79 Å². The molecule has 0 aliphatic carbocycles. The molecule has 6 heteroatoms. The normalized spacial score (nSPS) is 11.4. The molecule has 3 aromatic rings. The predicted octanol–water partition coefficient (Wildman–Crippen LogP) is 7.18. The van der Waals surface area contributed by atoms with Crippen LogP contribution in [-0.2, 0) is 6.42 Å². The van der Waals surface area contributed by atoms with E-state index in [1.165, 1.54) is 0 Å². The van der Waals surface area contributed by atoms with Crippen molar-refractivity contribution in [3.63, 3.8) is 0 Å². The molecule has 0 saturated heterocycles. The van der Waals surface area contributed by atoms with Gasteiger partial charge in [0.25, 0.3) is 0 Å². The lowest BCUT2D eigenvalue weighted by molar-refractivity contribution is 0.112. The maximum absolute atomic E-state index is 12.1. The maximum Gasteiger partial charge on any atom is 0.150 e. The van der Waals surface area contributed by atoms with Crippen molar-refractivity contribution in [2.75, 3.05) is 26.2 Å². The summed E-state index contributed by atoms with van der Waals surface area (Å²) in [6.45, 7) is 10.0. The van der Waals surface area contributed by atoms with Gasteiger partial charge in [-0.05, 0) is 76.8 Å². The number of nitrogens with zero attached hydrogens (tertiary/aromatic N) is 1. The summed E-state index contributed by atoms with van der Waals surface area (Å²) in [5, 5.41) is 1.05. The van der Waals surface area contributed by atoms with E-state index in [-0.39, 0.29) is 0 Å². The topological polar surface area (TPSA) is 42.7 Å². The summed E-state index contributed by atoms with van der Waals surface area (Å²) in [4.78, 5) is 14.4. The molecular weight excluding hydrogens is 616 g/mol. The molecule has 1 aromatic heterocycles. The Morgan fingerprint density at radius 3 is 2.52 bits per heavy atom. The van der Waals surface area contributed by atoms with Gasteiger partial charge in [0.05, 0.1) is 7.14 Å². The molecule has 0 atom stereocenters. The number of hydrogen-bond donors (Lipinski definition) is 0. The van der Waals surface area contributed by atoms with Gasteiger partial charge in [-0.3, -0.25) is 4.79 Å². The van der Waals surface area contributed by atoms with Crippen LogP contribution in [0.3, 0.4) is 0 Å². The fourth-order valence-corrected chi connectivity index (χ4v) is 6.10. The fourth-order valence-electron chi connectivity index (χ4n) is 3.80. The van der Waals surface area contributed by atoms with E-state index in [1.54, 1.807) is 0 Å². The number of carbonyl (C=O) groups excluding carboxylic acids is 1. The van der Waals surface area contributed by atoms with Crippen LogP contribution in [0.5, 0.6) is 5.75 Å². The second-order valence-corrected chi connectivity index (χ2v) is 9.70. The summed E-state index contributed by atoms with van der Waals surface area (Å²) in [5.41, 5.74) is 3.48. The number of hydrogen-bond acceptors (Lipinski definition) is 4. The van der Waals surface area contributed by atoms with Crippen molar-refractivity contribution in [2.45, 2.75) is 40.0 Å². The number of ether oxygens (including phenoxy) is 1. The Morgan fingerprint density at radius 2 is 1.84 bits per heavy atom. The second-order valence-electron chi connectivity index (χ2n) is 7.46. The molecule has 0 bridgehead atoms. The SMILES string of the molecule is CCCCc1oc2ccccc2c1-c1c(C=O)cc(I)c(OCCN(CC)CC)c1I. The minimum Gasteiger partial charge on any atom is -0.490 e. The largest absolute Gasteiger partial charge is 0.490 e. The third kappa shape index (κ3) is 5.45. The van der Waals surface area contributed by atoms with Gasteiger partial charge in [-0.1, -0.05) is 45.4 Å². The van der Waals surface area contributed by atoms with Crippen molar-refractivity contribution in [1.82, 2.24) is 4.90 Å². The molecule has 31 heavy (non-hydrogen) atoms. The first-order valence-electron chi connectivity index (χ1n) is 10.9. The highest BCUT2D eigenvalue weighted by molar-refractivity contribution is 14.1. The number of aryl methyl sites for hydroxylation is 1. The fraction of sp³-hybridized carbons (Fsp3) is 0.400. The van der Waals surface area contributed by atoms with Crippen LogP contribution < -0.4 is 4.74 Å². The zero-order valence-corrected chi connectivity index (χ0v) is 22.7. The molecule has 0 aliphatic rings. The van der Waals surface area contributed by atoms with Gasteiger partial charge in [0.15, 0.2) is 6.29 Å². The number of furan rings is 1. The molecule has 4 nitrogen and oxygen atoms in total. The second kappa shape index (κ2) is 11.7. The van der Waals surface area contributed by atoms with Crippen molar-refractivity contribution < 1.29 is 13.9 Å². The van der Waals surface area contributed by atoms with Gasteiger partial charge in [0.2, 0.25) is 0 Å². The number of halogens is 2. The highest BCUT2D eigenvalue weighted by Gasteiger charge is 2.24. The Morgan fingerprint density at radius 1 is 1.10 bits per heavy atom. The van der Waals surface area contributed by atoms with Crippen LogP contribution in [0.1, 0.15) is 49.7 Å². The van der Waals surface area contributed by atoms with Gasteiger partial charge < -0.3 is 14.1 Å². The smallest absolute Gasteiger partial charge is 0.150 e. The third-order valence-electron chi connectivity index (χ3n) is 5.56. The molecule has 3 rings (SSSR count). The Labute approximate surface area is 212 Å². The molecule has 2 aromatic carbocycles. The summed E-state index contributed by atoms with van der Waals surface area (Å²) in [5.74, 6) is 1.79. The predicted molar refractivity (Wildman–Crippen MR) is 144 cm³/mol. The van der Waals surface area contributed by atoms with E-state index in [2.05, 4.69) is 76.9 Å². The number of aldehydes is 1. The van der Waals surface area contributed by atoms with E-state index in [0.717, 1.165) is 85.9 Å². The Bertz CT molecular complexity index is 1040. The first kappa shape index (κ1) is 24.5. The van der Waals surface area contributed by atoms with Crippen molar-refractivity contribution in [2.24, 2.45) is 0 Å². The summed E-state index contributed by atoms with van der Waals surface area (Å²) >= 11 is 4.60. The van der Waals surface area contributed by atoms with Crippen LogP contribution in [0.4, 0.5) is 0 Å². The molecule has 0 saturated carbocycles. The van der Waals surface area contributed by atoms with E-state index >= 15 is 0 Å². The van der Waals surface area contributed by atoms with Crippen LogP contribution in [0.15, 0.2) is 34.7 Å². The molecule has 0 unspecified atom stereocenters. The molecule has 0 spiro atoms. The highest BCUT2D eigenvalue weighted by Crippen LogP contribution is 2.43. The number of unbranched alkanes of at least 4 members (excludes halogenated alkanes) is 1. The monoisotopic (exact) mass is 645 g/mol. The molecular formula is C25H29I2NO3. The molecule has 0 radical (unpaired) electrons. The quantitative estimate of drug-likeness (QED) is 0.164. The van der Waals surface area contributed by atoms with Crippen LogP contribution in [0.25, 0.3) is 22.1 Å².